The van der Waals surface area contributed by atoms with Crippen molar-refractivity contribution in [3.8, 4) is 17.0 Å². The van der Waals surface area contributed by atoms with E-state index < -0.39 is 5.97 Å². The lowest BCUT2D eigenvalue weighted by Gasteiger charge is -2.09. The Bertz CT molecular complexity index is 860. The first-order chi connectivity index (χ1) is 10.6. The first-order valence-electron chi connectivity index (χ1n) is 6.40. The first kappa shape index (κ1) is 14.8. The highest BCUT2D eigenvalue weighted by Crippen LogP contribution is 2.27. The van der Waals surface area contributed by atoms with Crippen molar-refractivity contribution in [2.75, 3.05) is 14.2 Å². The minimum atomic E-state index is -0.433. The number of ether oxygens (including phenoxy) is 2. The number of hydrogen-bond acceptors (Lipinski definition) is 5. The van der Waals surface area contributed by atoms with Gasteiger partial charge in [-0.05, 0) is 40.8 Å². The normalized spacial score (nSPS) is 10.7. The van der Waals surface area contributed by atoms with Crippen molar-refractivity contribution < 1.29 is 14.3 Å². The van der Waals surface area contributed by atoms with E-state index in [0.717, 1.165) is 20.5 Å². The predicted molar refractivity (Wildman–Crippen MR) is 89.0 cm³/mol. The highest BCUT2D eigenvalue weighted by atomic mass is 127. The fraction of sp³-hybridized carbons (Fsp3) is 0.133. The monoisotopic (exact) mass is 409 g/mol. The van der Waals surface area contributed by atoms with Crippen LogP contribution in [0.2, 0.25) is 0 Å². The fourth-order valence-electron chi connectivity index (χ4n) is 2.13. The summed E-state index contributed by atoms with van der Waals surface area (Å²) in [6.45, 7) is 0. The molecule has 0 saturated carbocycles. The molecule has 0 spiro atoms. The van der Waals surface area contributed by atoms with Crippen LogP contribution < -0.4 is 4.74 Å². The highest BCUT2D eigenvalue weighted by Gasteiger charge is 2.14. The van der Waals surface area contributed by atoms with E-state index in [1.165, 1.54) is 14.2 Å². The molecule has 3 aromatic rings. The number of esters is 1. The number of carbonyl (C=O) groups is 1. The van der Waals surface area contributed by atoms with Gasteiger partial charge in [0, 0.05) is 11.8 Å². The summed E-state index contributed by atoms with van der Waals surface area (Å²) in [4.78, 5) is 16.3. The maximum Gasteiger partial charge on any atom is 0.341 e. The SMILES string of the molecule is COC(=O)c1ccc(-c2ccn3ncc(I)c3n2)cc1OC. The number of carbonyl (C=O) groups excluding carboxylic acids is 1. The van der Waals surface area contributed by atoms with Crippen molar-refractivity contribution in [3.05, 3.63) is 45.8 Å². The van der Waals surface area contributed by atoms with Crippen molar-refractivity contribution in [2.45, 2.75) is 0 Å². The number of aromatic nitrogens is 3. The Morgan fingerprint density at radius 2 is 2.09 bits per heavy atom. The second kappa shape index (κ2) is 5.91. The van der Waals surface area contributed by atoms with Gasteiger partial charge < -0.3 is 9.47 Å². The maximum absolute atomic E-state index is 11.7. The van der Waals surface area contributed by atoms with Gasteiger partial charge in [0.15, 0.2) is 5.65 Å². The molecule has 0 saturated heterocycles. The zero-order chi connectivity index (χ0) is 15.7. The molecule has 0 N–H and O–H groups in total. The van der Waals surface area contributed by atoms with Gasteiger partial charge in [-0.3, -0.25) is 0 Å². The zero-order valence-corrected chi connectivity index (χ0v) is 14.1. The van der Waals surface area contributed by atoms with Crippen molar-refractivity contribution in [1.29, 1.82) is 0 Å². The molecule has 6 nitrogen and oxygen atoms in total. The summed E-state index contributed by atoms with van der Waals surface area (Å²) in [5.41, 5.74) is 2.80. The van der Waals surface area contributed by atoms with E-state index in [-0.39, 0.29) is 0 Å². The first-order valence-corrected chi connectivity index (χ1v) is 7.48. The number of methoxy groups -OCH3 is 2. The van der Waals surface area contributed by atoms with Crippen LogP contribution in [0.15, 0.2) is 36.7 Å². The zero-order valence-electron chi connectivity index (χ0n) is 11.9. The molecule has 1 aromatic carbocycles. The van der Waals surface area contributed by atoms with Crippen LogP contribution in [0.5, 0.6) is 5.75 Å². The minimum Gasteiger partial charge on any atom is -0.496 e. The second-order valence-corrected chi connectivity index (χ2v) is 5.64. The molecule has 0 amide bonds. The number of benzene rings is 1. The summed E-state index contributed by atoms with van der Waals surface area (Å²) in [6, 6.07) is 7.13. The lowest BCUT2D eigenvalue weighted by atomic mass is 10.1. The predicted octanol–water partition coefficient (Wildman–Crippen LogP) is 2.80. The molecule has 7 heteroatoms. The van der Waals surface area contributed by atoms with Gasteiger partial charge in [0.1, 0.15) is 11.3 Å². The fourth-order valence-corrected chi connectivity index (χ4v) is 2.62. The Labute approximate surface area is 140 Å². The summed E-state index contributed by atoms with van der Waals surface area (Å²) < 4.78 is 12.7. The summed E-state index contributed by atoms with van der Waals surface area (Å²) >= 11 is 2.19. The molecule has 3 rings (SSSR count). The molecule has 0 atom stereocenters. The Kier molecular flexibility index (Phi) is 3.97. The Morgan fingerprint density at radius 1 is 1.27 bits per heavy atom. The molecule has 0 unspecified atom stereocenters. The Morgan fingerprint density at radius 3 is 2.82 bits per heavy atom. The van der Waals surface area contributed by atoms with Crippen LogP contribution in [0.3, 0.4) is 0 Å². The number of hydrogen-bond donors (Lipinski definition) is 0. The standard InChI is InChI=1S/C15H12IN3O3/c1-21-13-7-9(3-4-10(13)15(20)22-2)12-5-6-19-14(18-12)11(16)8-17-19/h3-8H,1-2H3. The molecule has 0 aliphatic carbocycles. The minimum absolute atomic E-state index is 0.383. The summed E-state index contributed by atoms with van der Waals surface area (Å²) in [5, 5.41) is 4.20. The largest absolute Gasteiger partial charge is 0.496 e. The van der Waals surface area contributed by atoms with Crippen LogP contribution in [-0.2, 0) is 4.74 Å². The average molecular weight is 409 g/mol. The number of fused-ring (bicyclic) bond motifs is 1. The average Bonchev–Trinajstić information content (AvgIpc) is 2.94. The smallest absolute Gasteiger partial charge is 0.341 e. The van der Waals surface area contributed by atoms with Crippen LogP contribution in [0.25, 0.3) is 16.9 Å². The molecule has 0 aliphatic rings. The number of halogens is 1. The molecular weight excluding hydrogens is 397 g/mol. The summed E-state index contributed by atoms with van der Waals surface area (Å²) in [5.74, 6) is 0.0198. The van der Waals surface area contributed by atoms with E-state index in [2.05, 4.69) is 32.7 Å². The van der Waals surface area contributed by atoms with Crippen molar-refractivity contribution in [3.63, 3.8) is 0 Å². The summed E-state index contributed by atoms with van der Waals surface area (Å²) in [6.07, 6.45) is 3.61. The molecule has 0 aliphatic heterocycles. The lowest BCUT2D eigenvalue weighted by Crippen LogP contribution is -2.04. The van der Waals surface area contributed by atoms with Crippen LogP contribution >= 0.6 is 22.6 Å². The van der Waals surface area contributed by atoms with E-state index in [4.69, 9.17) is 9.47 Å². The highest BCUT2D eigenvalue weighted by molar-refractivity contribution is 14.1. The molecule has 2 heterocycles. The number of nitrogens with zero attached hydrogens (tertiary/aromatic N) is 3. The molecule has 0 fully saturated rings. The van der Waals surface area contributed by atoms with E-state index in [1.54, 1.807) is 22.8 Å². The molecule has 0 bridgehead atoms. The molecule has 112 valence electrons. The van der Waals surface area contributed by atoms with Crippen LogP contribution in [0, 0.1) is 3.57 Å². The van der Waals surface area contributed by atoms with Gasteiger partial charge in [-0.1, -0.05) is 6.07 Å². The van der Waals surface area contributed by atoms with E-state index in [1.807, 2.05) is 18.3 Å². The third kappa shape index (κ3) is 2.52. The van der Waals surface area contributed by atoms with Crippen molar-refractivity contribution in [1.82, 2.24) is 14.6 Å². The molecular formula is C15H12IN3O3. The molecule has 0 radical (unpaired) electrons. The van der Waals surface area contributed by atoms with E-state index in [9.17, 15) is 4.79 Å². The van der Waals surface area contributed by atoms with Gasteiger partial charge in [-0.15, -0.1) is 0 Å². The van der Waals surface area contributed by atoms with Gasteiger partial charge in [0.2, 0.25) is 0 Å². The van der Waals surface area contributed by atoms with E-state index >= 15 is 0 Å². The van der Waals surface area contributed by atoms with E-state index in [0.29, 0.717) is 11.3 Å². The third-order valence-electron chi connectivity index (χ3n) is 3.23. The number of rotatable bonds is 3. The van der Waals surface area contributed by atoms with Gasteiger partial charge in [0.25, 0.3) is 0 Å². The summed E-state index contributed by atoms with van der Waals surface area (Å²) in [7, 11) is 2.86. The van der Waals surface area contributed by atoms with Crippen molar-refractivity contribution in [2.24, 2.45) is 0 Å². The quantitative estimate of drug-likeness (QED) is 0.492. The van der Waals surface area contributed by atoms with Crippen LogP contribution in [0.4, 0.5) is 0 Å². The topological polar surface area (TPSA) is 65.7 Å². The van der Waals surface area contributed by atoms with Gasteiger partial charge in [-0.25, -0.2) is 14.3 Å². The third-order valence-corrected chi connectivity index (χ3v) is 3.99. The van der Waals surface area contributed by atoms with Crippen LogP contribution in [0.1, 0.15) is 10.4 Å². The van der Waals surface area contributed by atoms with Gasteiger partial charge in [0.05, 0.1) is 29.7 Å². The molecule has 2 aromatic heterocycles. The van der Waals surface area contributed by atoms with Gasteiger partial charge in [-0.2, -0.15) is 5.10 Å². The maximum atomic E-state index is 11.7. The van der Waals surface area contributed by atoms with Crippen LogP contribution in [-0.4, -0.2) is 34.8 Å². The van der Waals surface area contributed by atoms with Crippen molar-refractivity contribution >= 4 is 34.2 Å². The molecule has 22 heavy (non-hydrogen) atoms. The van der Waals surface area contributed by atoms with Gasteiger partial charge >= 0.3 is 5.97 Å². The lowest BCUT2D eigenvalue weighted by molar-refractivity contribution is 0.0597. The Balaban J connectivity index is 2.10. The Hall–Kier alpha value is -2.16. The second-order valence-electron chi connectivity index (χ2n) is 4.48.